The van der Waals surface area contributed by atoms with E-state index in [0.29, 0.717) is 0 Å². The smallest absolute Gasteiger partial charge is 0.271 e. The van der Waals surface area contributed by atoms with Crippen LogP contribution in [-0.4, -0.2) is 28.0 Å². The van der Waals surface area contributed by atoms with Crippen molar-refractivity contribution in [2.75, 3.05) is 0 Å². The number of nitrogens with zero attached hydrogens (tertiary/aromatic N) is 1. The van der Waals surface area contributed by atoms with Crippen molar-refractivity contribution in [1.82, 2.24) is 15.3 Å². The van der Waals surface area contributed by atoms with Crippen molar-refractivity contribution in [2.45, 2.75) is 31.3 Å². The lowest BCUT2D eigenvalue weighted by Gasteiger charge is -2.16. The van der Waals surface area contributed by atoms with Crippen molar-refractivity contribution in [3.8, 4) is 0 Å². The van der Waals surface area contributed by atoms with Gasteiger partial charge < -0.3 is 16.0 Å². The molecule has 86 valence electrons. The molecule has 0 saturated heterocycles. The Morgan fingerprint density at radius 2 is 2.38 bits per heavy atom. The largest absolute Gasteiger partial charge is 0.346 e. The van der Waals surface area contributed by atoms with Crippen molar-refractivity contribution in [1.29, 1.82) is 0 Å². The Bertz CT molecular complexity index is 422. The molecule has 16 heavy (non-hydrogen) atoms. The second-order valence-corrected chi connectivity index (χ2v) is 3.97. The van der Waals surface area contributed by atoms with Crippen LogP contribution >= 0.6 is 0 Å². The van der Waals surface area contributed by atoms with Gasteiger partial charge in [-0.25, -0.2) is 4.98 Å². The number of rotatable bonds is 2. The summed E-state index contributed by atoms with van der Waals surface area (Å²) in [7, 11) is 0. The van der Waals surface area contributed by atoms with Crippen LogP contribution in [0.4, 0.5) is 0 Å². The number of aromatic amines is 1. The number of carbonyl (C=O) groups is 1. The summed E-state index contributed by atoms with van der Waals surface area (Å²) in [6.07, 6.45) is 5.26. The zero-order valence-corrected chi connectivity index (χ0v) is 8.77. The number of aromatic nitrogens is 2. The summed E-state index contributed by atoms with van der Waals surface area (Å²) in [5.74, 6) is -0.293. The molecule has 1 aliphatic rings. The first-order valence-corrected chi connectivity index (χ1v) is 5.28. The summed E-state index contributed by atoms with van der Waals surface area (Å²) in [4.78, 5) is 28.6. The highest BCUT2D eigenvalue weighted by molar-refractivity contribution is 5.92. The number of hydrogen-bond acceptors (Lipinski definition) is 4. The first-order chi connectivity index (χ1) is 7.66. The first-order valence-electron chi connectivity index (χ1n) is 5.28. The third-order valence-corrected chi connectivity index (χ3v) is 2.79. The highest BCUT2D eigenvalue weighted by Gasteiger charge is 2.25. The summed E-state index contributed by atoms with van der Waals surface area (Å²) < 4.78 is 0. The Hall–Kier alpha value is -1.69. The summed E-state index contributed by atoms with van der Waals surface area (Å²) in [5, 5.41) is 2.82. The molecule has 0 spiro atoms. The molecule has 2 unspecified atom stereocenters. The van der Waals surface area contributed by atoms with Gasteiger partial charge in [0.1, 0.15) is 5.69 Å². The molecule has 1 amide bonds. The van der Waals surface area contributed by atoms with E-state index in [1.807, 2.05) is 0 Å². The molecule has 6 heteroatoms. The van der Waals surface area contributed by atoms with Gasteiger partial charge in [-0.2, -0.15) is 0 Å². The van der Waals surface area contributed by atoms with Gasteiger partial charge in [0, 0.05) is 18.3 Å². The number of nitrogens with two attached hydrogens (primary N) is 1. The van der Waals surface area contributed by atoms with E-state index in [1.165, 1.54) is 6.20 Å². The number of amides is 1. The van der Waals surface area contributed by atoms with Crippen molar-refractivity contribution in [3.05, 3.63) is 28.4 Å². The fourth-order valence-corrected chi connectivity index (χ4v) is 1.88. The lowest BCUT2D eigenvalue weighted by atomic mass is 10.2. The summed E-state index contributed by atoms with van der Waals surface area (Å²) >= 11 is 0. The van der Waals surface area contributed by atoms with Gasteiger partial charge in [-0.1, -0.05) is 0 Å². The summed E-state index contributed by atoms with van der Waals surface area (Å²) in [5.41, 5.74) is 5.72. The second-order valence-electron chi connectivity index (χ2n) is 3.97. The lowest BCUT2D eigenvalue weighted by molar-refractivity contribution is 0.0929. The molecular formula is C10H14N4O2. The molecule has 6 nitrogen and oxygen atoms in total. The molecule has 1 fully saturated rings. The highest BCUT2D eigenvalue weighted by Crippen LogP contribution is 2.17. The Kier molecular flexibility index (Phi) is 3.00. The molecule has 4 N–H and O–H groups in total. The Labute approximate surface area is 92.3 Å². The minimum atomic E-state index is -0.325. The molecule has 1 aromatic rings. The van der Waals surface area contributed by atoms with E-state index in [1.54, 1.807) is 0 Å². The van der Waals surface area contributed by atoms with Crippen molar-refractivity contribution in [3.63, 3.8) is 0 Å². The normalized spacial score (nSPS) is 24.3. The van der Waals surface area contributed by atoms with E-state index in [2.05, 4.69) is 15.3 Å². The number of nitrogens with one attached hydrogen (secondary N) is 2. The van der Waals surface area contributed by atoms with Crippen LogP contribution in [0, 0.1) is 0 Å². The number of carbonyl (C=O) groups excluding carboxylic acids is 1. The number of H-pyrrole nitrogens is 1. The summed E-state index contributed by atoms with van der Waals surface area (Å²) in [6, 6.07) is 0.0351. The maximum Gasteiger partial charge on any atom is 0.271 e. The highest BCUT2D eigenvalue weighted by atomic mass is 16.2. The predicted molar refractivity (Wildman–Crippen MR) is 57.9 cm³/mol. The van der Waals surface area contributed by atoms with Crippen molar-refractivity contribution >= 4 is 5.91 Å². The SMILES string of the molecule is NC1CCCC1NC(=O)c1c[nH]c(=O)cn1. The standard InChI is InChI=1S/C10H14N4O2/c11-6-2-1-3-7(6)14-10(16)8-4-13-9(15)5-12-8/h4-7H,1-3,11H2,(H,13,15)(H,14,16). The van der Waals surface area contributed by atoms with Gasteiger partial charge in [0.25, 0.3) is 11.5 Å². The van der Waals surface area contributed by atoms with Gasteiger partial charge in [0.2, 0.25) is 0 Å². The molecule has 2 atom stereocenters. The van der Waals surface area contributed by atoms with Gasteiger partial charge in [-0.15, -0.1) is 0 Å². The van der Waals surface area contributed by atoms with E-state index in [0.717, 1.165) is 25.5 Å². The molecule has 0 aliphatic heterocycles. The zero-order chi connectivity index (χ0) is 11.5. The second kappa shape index (κ2) is 4.44. The van der Waals surface area contributed by atoms with Crippen LogP contribution in [0.3, 0.4) is 0 Å². The Morgan fingerprint density at radius 1 is 1.56 bits per heavy atom. The van der Waals surface area contributed by atoms with Gasteiger partial charge in [0.15, 0.2) is 0 Å². The quantitative estimate of drug-likeness (QED) is 0.620. The average molecular weight is 222 g/mol. The van der Waals surface area contributed by atoms with Gasteiger partial charge in [0.05, 0.1) is 6.20 Å². The van der Waals surface area contributed by atoms with Gasteiger partial charge >= 0.3 is 0 Å². The van der Waals surface area contributed by atoms with Gasteiger partial charge in [-0.05, 0) is 19.3 Å². The number of hydrogen-bond donors (Lipinski definition) is 3. The topological polar surface area (TPSA) is 101 Å². The molecular weight excluding hydrogens is 208 g/mol. The van der Waals surface area contributed by atoms with Gasteiger partial charge in [-0.3, -0.25) is 9.59 Å². The molecule has 0 aromatic carbocycles. The monoisotopic (exact) mass is 222 g/mol. The molecule has 1 aromatic heterocycles. The fraction of sp³-hybridized carbons (Fsp3) is 0.500. The minimum Gasteiger partial charge on any atom is -0.346 e. The van der Waals surface area contributed by atoms with Crippen LogP contribution in [0.15, 0.2) is 17.2 Å². The van der Waals surface area contributed by atoms with Crippen LogP contribution in [-0.2, 0) is 0 Å². The van der Waals surface area contributed by atoms with Crippen LogP contribution in [0.1, 0.15) is 29.8 Å². The first kappa shape index (κ1) is 10.8. The van der Waals surface area contributed by atoms with Crippen LogP contribution in [0.5, 0.6) is 0 Å². The van der Waals surface area contributed by atoms with E-state index in [-0.39, 0.29) is 29.2 Å². The van der Waals surface area contributed by atoms with E-state index >= 15 is 0 Å². The predicted octanol–water partition coefficient (Wildman–Crippen LogP) is -0.620. The molecule has 1 saturated carbocycles. The maximum absolute atomic E-state index is 11.7. The minimum absolute atomic E-state index is 0.0150. The maximum atomic E-state index is 11.7. The molecule has 1 aliphatic carbocycles. The average Bonchev–Trinajstić information content (AvgIpc) is 2.65. The van der Waals surface area contributed by atoms with E-state index < -0.39 is 0 Å². The Morgan fingerprint density at radius 3 is 2.94 bits per heavy atom. The Balaban J connectivity index is 2.02. The van der Waals surface area contributed by atoms with Crippen LogP contribution in [0.2, 0.25) is 0 Å². The van der Waals surface area contributed by atoms with E-state index in [9.17, 15) is 9.59 Å². The van der Waals surface area contributed by atoms with Crippen LogP contribution < -0.4 is 16.6 Å². The third kappa shape index (κ3) is 2.27. The molecule has 2 rings (SSSR count). The van der Waals surface area contributed by atoms with E-state index in [4.69, 9.17) is 5.73 Å². The lowest BCUT2D eigenvalue weighted by Crippen LogP contribution is -2.44. The molecule has 1 heterocycles. The molecule has 0 radical (unpaired) electrons. The zero-order valence-electron chi connectivity index (χ0n) is 8.77. The fourth-order valence-electron chi connectivity index (χ4n) is 1.88. The van der Waals surface area contributed by atoms with Crippen LogP contribution in [0.25, 0.3) is 0 Å². The summed E-state index contributed by atoms with van der Waals surface area (Å²) in [6.45, 7) is 0. The molecule has 0 bridgehead atoms. The van der Waals surface area contributed by atoms with Crippen molar-refractivity contribution < 1.29 is 4.79 Å². The third-order valence-electron chi connectivity index (χ3n) is 2.79. The van der Waals surface area contributed by atoms with Crippen molar-refractivity contribution in [2.24, 2.45) is 5.73 Å².